The summed E-state index contributed by atoms with van der Waals surface area (Å²) in [5.74, 6) is 0.118. The van der Waals surface area contributed by atoms with Crippen molar-refractivity contribution in [2.24, 2.45) is 0 Å². The van der Waals surface area contributed by atoms with Crippen molar-refractivity contribution in [1.29, 1.82) is 0 Å². The van der Waals surface area contributed by atoms with Crippen molar-refractivity contribution in [3.63, 3.8) is 0 Å². The van der Waals surface area contributed by atoms with Gasteiger partial charge in [-0.15, -0.1) is 0 Å². The zero-order valence-electron chi connectivity index (χ0n) is 18.4. The van der Waals surface area contributed by atoms with Crippen LogP contribution >= 0.6 is 0 Å². The number of aliphatic hydroxyl groups is 1. The minimum atomic E-state index is -0.769. The van der Waals surface area contributed by atoms with E-state index in [0.717, 1.165) is 39.3 Å². The largest absolute Gasteiger partial charge is 0.507 e. The van der Waals surface area contributed by atoms with Gasteiger partial charge in [0, 0.05) is 18.5 Å². The first kappa shape index (κ1) is 22.1. The number of hydrogen-bond acceptors (Lipinski definition) is 6. The Morgan fingerprint density at radius 3 is 2.69 bits per heavy atom. The van der Waals surface area contributed by atoms with E-state index in [0.29, 0.717) is 29.4 Å². The van der Waals surface area contributed by atoms with E-state index >= 15 is 0 Å². The number of hydrogen-bond donors (Lipinski definition) is 2. The molecule has 2 saturated heterocycles. The predicted molar refractivity (Wildman–Crippen MR) is 116 cm³/mol. The molecule has 1 amide bonds. The number of nitrogens with zero attached hydrogens (tertiary/aromatic N) is 1. The molecule has 1 atom stereocenters. The van der Waals surface area contributed by atoms with E-state index < -0.39 is 17.7 Å². The number of likely N-dealkylation sites (tertiary alicyclic amines) is 1. The molecule has 8 heteroatoms. The number of furan rings is 1. The number of carbonyl (C=O) groups excluding carboxylic acids is 2. The fourth-order valence-electron chi connectivity index (χ4n) is 4.34. The number of amides is 1. The first-order valence-electron chi connectivity index (χ1n) is 10.9. The molecule has 3 heterocycles. The van der Waals surface area contributed by atoms with Gasteiger partial charge in [0.05, 0.1) is 32.4 Å². The summed E-state index contributed by atoms with van der Waals surface area (Å²) in [5, 5.41) is 11.1. The summed E-state index contributed by atoms with van der Waals surface area (Å²) in [6.07, 6.45) is 0.734. The molecule has 8 nitrogen and oxygen atoms in total. The first-order valence-corrected chi connectivity index (χ1v) is 10.9. The monoisotopic (exact) mass is 441 g/mol. The zero-order chi connectivity index (χ0) is 22.7. The van der Waals surface area contributed by atoms with E-state index in [2.05, 4.69) is 0 Å². The summed E-state index contributed by atoms with van der Waals surface area (Å²) in [6, 6.07) is 9.56. The molecule has 2 aliphatic rings. The predicted octanol–water partition coefficient (Wildman–Crippen LogP) is 1.32. The van der Waals surface area contributed by atoms with E-state index in [-0.39, 0.29) is 11.3 Å². The maximum Gasteiger partial charge on any atom is 0.295 e. The third kappa shape index (κ3) is 4.42. The summed E-state index contributed by atoms with van der Waals surface area (Å²) in [5.41, 5.74) is 0.449. The van der Waals surface area contributed by atoms with Crippen molar-refractivity contribution in [3.05, 3.63) is 59.1 Å². The molecule has 4 rings (SSSR count). The van der Waals surface area contributed by atoms with E-state index in [1.54, 1.807) is 43.3 Å². The fourth-order valence-corrected chi connectivity index (χ4v) is 4.34. The van der Waals surface area contributed by atoms with Gasteiger partial charge >= 0.3 is 0 Å². The van der Waals surface area contributed by atoms with Gasteiger partial charge in [0.2, 0.25) is 0 Å². The summed E-state index contributed by atoms with van der Waals surface area (Å²) in [4.78, 5) is 29.0. The van der Waals surface area contributed by atoms with Crippen molar-refractivity contribution < 1.29 is 33.5 Å². The molecule has 32 heavy (non-hydrogen) atoms. The number of morpholine rings is 1. The quantitative estimate of drug-likeness (QED) is 0.383. The van der Waals surface area contributed by atoms with Crippen LogP contribution in [0.15, 0.2) is 46.4 Å². The minimum Gasteiger partial charge on any atom is -0.507 e. The van der Waals surface area contributed by atoms with E-state index in [4.69, 9.17) is 13.9 Å². The lowest BCUT2D eigenvalue weighted by Crippen LogP contribution is -3.14. The number of aliphatic hydroxyl groups excluding tert-OH is 1. The van der Waals surface area contributed by atoms with Crippen LogP contribution in [0.2, 0.25) is 0 Å². The van der Waals surface area contributed by atoms with E-state index in [1.165, 1.54) is 16.9 Å². The van der Waals surface area contributed by atoms with E-state index in [9.17, 15) is 14.7 Å². The molecule has 1 aromatic heterocycles. The van der Waals surface area contributed by atoms with Crippen LogP contribution < -0.4 is 9.64 Å². The average molecular weight is 442 g/mol. The third-order valence-electron chi connectivity index (χ3n) is 6.04. The summed E-state index contributed by atoms with van der Waals surface area (Å²) in [6.45, 7) is 6.45. The highest BCUT2D eigenvalue weighted by Gasteiger charge is 2.47. The van der Waals surface area contributed by atoms with Gasteiger partial charge in [-0.1, -0.05) is 12.1 Å². The number of nitrogens with one attached hydrogen (secondary N) is 1. The number of methoxy groups -OCH3 is 1. The number of benzene rings is 1. The Hall–Kier alpha value is -3.10. The van der Waals surface area contributed by atoms with Gasteiger partial charge < -0.3 is 28.8 Å². The highest BCUT2D eigenvalue weighted by molar-refractivity contribution is 6.46. The number of quaternary nitrogens is 1. The lowest BCUT2D eigenvalue weighted by Gasteiger charge is -2.26. The molecule has 2 aliphatic heterocycles. The maximum atomic E-state index is 13.0. The topological polar surface area (TPSA) is 93.7 Å². The van der Waals surface area contributed by atoms with Gasteiger partial charge in [0.15, 0.2) is 0 Å². The molecule has 2 fully saturated rings. The standard InChI is InChI=1S/C24H28N2O6/c1-16-7-8-19(32-16)21-20(22(27)17-5-3-6-18(15-17)30-2)23(28)24(29)26(21)10-4-9-25-11-13-31-14-12-25/h3,5-8,15,21,27H,4,9-14H2,1-2H3/p+1. The second-order valence-corrected chi connectivity index (χ2v) is 8.14. The second kappa shape index (κ2) is 9.58. The van der Waals surface area contributed by atoms with Crippen LogP contribution in [0.1, 0.15) is 29.5 Å². The molecular formula is C24H29N2O6+. The molecule has 0 saturated carbocycles. The molecule has 0 aliphatic carbocycles. The maximum absolute atomic E-state index is 13.0. The molecular weight excluding hydrogens is 412 g/mol. The summed E-state index contributed by atoms with van der Waals surface area (Å²) in [7, 11) is 1.53. The van der Waals surface area contributed by atoms with Crippen molar-refractivity contribution in [3.8, 4) is 5.75 Å². The molecule has 0 spiro atoms. The van der Waals surface area contributed by atoms with Gasteiger partial charge in [0.1, 0.15) is 42.2 Å². The van der Waals surface area contributed by atoms with Crippen molar-refractivity contribution in [2.45, 2.75) is 19.4 Å². The lowest BCUT2D eigenvalue weighted by atomic mass is 9.99. The Kier molecular flexibility index (Phi) is 6.62. The average Bonchev–Trinajstić information content (AvgIpc) is 3.35. The number of Topliss-reactive ketones (excluding diaryl/α,β-unsaturated/α-hetero) is 1. The normalized spacial score (nSPS) is 21.3. The molecule has 1 unspecified atom stereocenters. The second-order valence-electron chi connectivity index (χ2n) is 8.14. The van der Waals surface area contributed by atoms with Gasteiger partial charge in [-0.05, 0) is 31.2 Å². The highest BCUT2D eigenvalue weighted by atomic mass is 16.5. The summed E-state index contributed by atoms with van der Waals surface area (Å²) >= 11 is 0. The Morgan fingerprint density at radius 2 is 2.00 bits per heavy atom. The number of ketones is 1. The molecule has 0 bridgehead atoms. The lowest BCUT2D eigenvalue weighted by molar-refractivity contribution is -0.908. The Balaban J connectivity index is 1.65. The smallest absolute Gasteiger partial charge is 0.295 e. The van der Waals surface area contributed by atoms with Crippen LogP contribution in [-0.2, 0) is 14.3 Å². The molecule has 0 radical (unpaired) electrons. The third-order valence-corrected chi connectivity index (χ3v) is 6.04. The van der Waals surface area contributed by atoms with E-state index in [1.807, 2.05) is 0 Å². The van der Waals surface area contributed by atoms with Crippen LogP contribution in [0.25, 0.3) is 5.76 Å². The number of rotatable bonds is 7. The number of carbonyl (C=O) groups is 2. The highest BCUT2D eigenvalue weighted by Crippen LogP contribution is 2.40. The van der Waals surface area contributed by atoms with Crippen LogP contribution in [0.5, 0.6) is 5.75 Å². The fraction of sp³-hybridized carbons (Fsp3) is 0.417. The van der Waals surface area contributed by atoms with Gasteiger partial charge in [-0.2, -0.15) is 0 Å². The first-order chi connectivity index (χ1) is 15.5. The number of ether oxygens (including phenoxy) is 2. The van der Waals surface area contributed by atoms with Crippen LogP contribution in [-0.4, -0.2) is 68.2 Å². The summed E-state index contributed by atoms with van der Waals surface area (Å²) < 4.78 is 16.5. The van der Waals surface area contributed by atoms with Gasteiger partial charge in [-0.25, -0.2) is 0 Å². The van der Waals surface area contributed by atoms with Gasteiger partial charge in [-0.3, -0.25) is 9.59 Å². The zero-order valence-corrected chi connectivity index (χ0v) is 18.4. The molecule has 2 N–H and O–H groups in total. The van der Waals surface area contributed by atoms with Gasteiger partial charge in [0.25, 0.3) is 11.7 Å². The minimum absolute atomic E-state index is 0.0383. The SMILES string of the molecule is COc1cccc(C(O)=C2C(=O)C(=O)N(CCC[NH+]3CCOCC3)C2c2ccc(C)o2)c1. The Bertz CT molecular complexity index is 1020. The van der Waals surface area contributed by atoms with Crippen molar-refractivity contribution >= 4 is 17.4 Å². The van der Waals surface area contributed by atoms with Crippen LogP contribution in [0.3, 0.4) is 0 Å². The van der Waals surface area contributed by atoms with Crippen LogP contribution in [0.4, 0.5) is 0 Å². The van der Waals surface area contributed by atoms with Crippen molar-refractivity contribution in [2.75, 3.05) is 46.5 Å². The molecule has 1 aromatic carbocycles. The van der Waals surface area contributed by atoms with Crippen LogP contribution in [0, 0.1) is 6.92 Å². The number of aryl methyl sites for hydroxylation is 1. The Morgan fingerprint density at radius 1 is 1.22 bits per heavy atom. The van der Waals surface area contributed by atoms with Crippen molar-refractivity contribution in [1.82, 2.24) is 4.90 Å². The molecule has 2 aromatic rings. The molecule has 170 valence electrons. The Labute approximate surface area is 187 Å².